The summed E-state index contributed by atoms with van der Waals surface area (Å²) in [4.78, 5) is 3.92. The molecule has 3 N–H and O–H groups in total. The highest BCUT2D eigenvalue weighted by molar-refractivity contribution is 5.78. The van der Waals surface area contributed by atoms with Gasteiger partial charge < -0.3 is 11.1 Å². The number of halogens is 2. The molecule has 15 heavy (non-hydrogen) atoms. The van der Waals surface area contributed by atoms with Crippen LogP contribution in [0.4, 0.5) is 8.78 Å². The zero-order chi connectivity index (χ0) is 10.8. The topological polar surface area (TPSA) is 50.4 Å². The number of aliphatic imine (C=N–C) groups is 1. The first-order valence-corrected chi connectivity index (χ1v) is 4.69. The van der Waals surface area contributed by atoms with Crippen LogP contribution in [-0.2, 0) is 0 Å². The van der Waals surface area contributed by atoms with Crippen LogP contribution >= 0.6 is 0 Å². The van der Waals surface area contributed by atoms with E-state index in [0.717, 1.165) is 6.07 Å². The highest BCUT2D eigenvalue weighted by atomic mass is 19.2. The van der Waals surface area contributed by atoms with Gasteiger partial charge in [-0.2, -0.15) is 0 Å². The number of rotatable bonds is 1. The van der Waals surface area contributed by atoms with Crippen LogP contribution in [0, 0.1) is 11.6 Å². The highest BCUT2D eigenvalue weighted by Gasteiger charge is 2.20. The third-order valence-electron chi connectivity index (χ3n) is 2.38. The standard InChI is InChI=1S/C10H11F2N3/c11-7-3-1-2-6(9(7)12)8-4-5-14-10(13)15-8/h1-3,8H,4-5H2,(H3,13,14,15)/t8-/m0/s1. The van der Waals surface area contributed by atoms with Crippen molar-refractivity contribution in [2.24, 2.45) is 10.7 Å². The molecular weight excluding hydrogens is 200 g/mol. The molecule has 0 fully saturated rings. The molecule has 0 aliphatic carbocycles. The van der Waals surface area contributed by atoms with E-state index in [1.807, 2.05) is 0 Å². The van der Waals surface area contributed by atoms with E-state index in [4.69, 9.17) is 5.73 Å². The average Bonchev–Trinajstić information content (AvgIpc) is 2.22. The van der Waals surface area contributed by atoms with Crippen molar-refractivity contribution >= 4 is 5.96 Å². The van der Waals surface area contributed by atoms with Crippen LogP contribution in [0.15, 0.2) is 23.2 Å². The number of hydrogen-bond acceptors (Lipinski definition) is 3. The largest absolute Gasteiger partial charge is 0.370 e. The predicted molar refractivity (Wildman–Crippen MR) is 53.3 cm³/mol. The van der Waals surface area contributed by atoms with E-state index >= 15 is 0 Å². The smallest absolute Gasteiger partial charge is 0.189 e. The van der Waals surface area contributed by atoms with Gasteiger partial charge in [-0.1, -0.05) is 12.1 Å². The number of nitrogens with one attached hydrogen (secondary N) is 1. The van der Waals surface area contributed by atoms with Gasteiger partial charge in [-0.3, -0.25) is 4.99 Å². The normalized spacial score (nSPS) is 20.7. The molecule has 2 rings (SSSR count). The molecule has 1 aromatic carbocycles. The maximum absolute atomic E-state index is 13.4. The molecule has 0 saturated heterocycles. The first-order valence-electron chi connectivity index (χ1n) is 4.69. The third kappa shape index (κ3) is 1.91. The Morgan fingerprint density at radius 1 is 1.40 bits per heavy atom. The van der Waals surface area contributed by atoms with Gasteiger partial charge in [0.15, 0.2) is 17.6 Å². The van der Waals surface area contributed by atoms with E-state index in [9.17, 15) is 8.78 Å². The summed E-state index contributed by atoms with van der Waals surface area (Å²) in [5.41, 5.74) is 5.77. The Balaban J connectivity index is 2.30. The SMILES string of the molecule is NC1=NCC[C@@H](c2cccc(F)c2F)N1. The van der Waals surface area contributed by atoms with Gasteiger partial charge in [0.05, 0.1) is 6.04 Å². The van der Waals surface area contributed by atoms with E-state index in [1.54, 1.807) is 6.07 Å². The Morgan fingerprint density at radius 2 is 2.20 bits per heavy atom. The molecule has 5 heteroatoms. The Bertz CT molecular complexity index is 404. The second-order valence-electron chi connectivity index (χ2n) is 3.40. The lowest BCUT2D eigenvalue weighted by Crippen LogP contribution is -2.39. The molecule has 80 valence electrons. The van der Waals surface area contributed by atoms with Crippen molar-refractivity contribution in [3.63, 3.8) is 0 Å². The third-order valence-corrected chi connectivity index (χ3v) is 2.38. The Hall–Kier alpha value is -1.65. The van der Waals surface area contributed by atoms with E-state index in [1.165, 1.54) is 6.07 Å². The van der Waals surface area contributed by atoms with Gasteiger partial charge in [0.1, 0.15) is 0 Å². The minimum Gasteiger partial charge on any atom is -0.370 e. The van der Waals surface area contributed by atoms with Crippen LogP contribution in [0.3, 0.4) is 0 Å². The molecule has 0 radical (unpaired) electrons. The van der Waals surface area contributed by atoms with Gasteiger partial charge in [-0.25, -0.2) is 8.78 Å². The van der Waals surface area contributed by atoms with Crippen molar-refractivity contribution in [1.29, 1.82) is 0 Å². The van der Waals surface area contributed by atoms with Crippen LogP contribution in [0.2, 0.25) is 0 Å². The minimum absolute atomic E-state index is 0.273. The first-order chi connectivity index (χ1) is 7.18. The van der Waals surface area contributed by atoms with Gasteiger partial charge in [0.25, 0.3) is 0 Å². The van der Waals surface area contributed by atoms with Gasteiger partial charge in [0, 0.05) is 12.1 Å². The van der Waals surface area contributed by atoms with E-state index in [0.29, 0.717) is 18.5 Å². The highest BCUT2D eigenvalue weighted by Crippen LogP contribution is 2.23. The lowest BCUT2D eigenvalue weighted by molar-refractivity contribution is 0.470. The van der Waals surface area contributed by atoms with Crippen molar-refractivity contribution in [3.05, 3.63) is 35.4 Å². The fourth-order valence-electron chi connectivity index (χ4n) is 1.63. The van der Waals surface area contributed by atoms with Crippen LogP contribution in [0.5, 0.6) is 0 Å². The van der Waals surface area contributed by atoms with Gasteiger partial charge in [-0.15, -0.1) is 0 Å². The van der Waals surface area contributed by atoms with E-state index in [2.05, 4.69) is 10.3 Å². The summed E-state index contributed by atoms with van der Waals surface area (Å²) in [6.45, 7) is 0.527. The minimum atomic E-state index is -0.838. The Kier molecular flexibility index (Phi) is 2.53. The predicted octanol–water partition coefficient (Wildman–Crippen LogP) is 1.31. The van der Waals surface area contributed by atoms with Gasteiger partial charge in [0.2, 0.25) is 0 Å². The Labute approximate surface area is 86.0 Å². The quantitative estimate of drug-likeness (QED) is 0.736. The summed E-state index contributed by atoms with van der Waals surface area (Å²) >= 11 is 0. The molecule has 1 aromatic rings. The molecule has 0 aromatic heterocycles. The average molecular weight is 211 g/mol. The van der Waals surface area contributed by atoms with Gasteiger partial charge in [-0.05, 0) is 12.5 Å². The van der Waals surface area contributed by atoms with Crippen molar-refractivity contribution in [3.8, 4) is 0 Å². The van der Waals surface area contributed by atoms with Crippen molar-refractivity contribution in [2.75, 3.05) is 6.54 Å². The Morgan fingerprint density at radius 3 is 2.93 bits per heavy atom. The molecule has 3 nitrogen and oxygen atoms in total. The van der Waals surface area contributed by atoms with E-state index in [-0.39, 0.29) is 12.0 Å². The number of nitrogens with zero attached hydrogens (tertiary/aromatic N) is 1. The molecular formula is C10H11F2N3. The first kappa shape index (κ1) is 9.89. The number of guanidine groups is 1. The number of hydrogen-bond donors (Lipinski definition) is 2. The zero-order valence-electron chi connectivity index (χ0n) is 8.00. The molecule has 1 aliphatic rings. The summed E-state index contributed by atoms with van der Waals surface area (Å²) in [7, 11) is 0. The lowest BCUT2D eigenvalue weighted by atomic mass is 10.0. The summed E-state index contributed by atoms with van der Waals surface area (Å²) in [6, 6.07) is 3.84. The monoisotopic (exact) mass is 211 g/mol. The molecule has 1 heterocycles. The molecule has 0 bridgehead atoms. The van der Waals surface area contributed by atoms with Crippen molar-refractivity contribution in [1.82, 2.24) is 5.32 Å². The summed E-state index contributed by atoms with van der Waals surface area (Å²) in [5.74, 6) is -1.38. The maximum Gasteiger partial charge on any atom is 0.189 e. The van der Waals surface area contributed by atoms with Crippen LogP contribution in [0.1, 0.15) is 18.0 Å². The van der Waals surface area contributed by atoms with Crippen molar-refractivity contribution < 1.29 is 8.78 Å². The molecule has 0 amide bonds. The van der Waals surface area contributed by atoms with Crippen LogP contribution in [-0.4, -0.2) is 12.5 Å². The van der Waals surface area contributed by atoms with Crippen LogP contribution < -0.4 is 11.1 Å². The second kappa shape index (κ2) is 3.84. The molecule has 1 atom stereocenters. The van der Waals surface area contributed by atoms with Crippen LogP contribution in [0.25, 0.3) is 0 Å². The fourth-order valence-corrected chi connectivity index (χ4v) is 1.63. The van der Waals surface area contributed by atoms with Crippen molar-refractivity contribution in [2.45, 2.75) is 12.5 Å². The summed E-state index contributed by atoms with van der Waals surface area (Å²) in [5, 5.41) is 2.82. The summed E-state index contributed by atoms with van der Waals surface area (Å²) in [6.07, 6.45) is 0.612. The van der Waals surface area contributed by atoms with Gasteiger partial charge >= 0.3 is 0 Å². The number of nitrogens with two attached hydrogens (primary N) is 1. The molecule has 0 unspecified atom stereocenters. The fraction of sp³-hybridized carbons (Fsp3) is 0.300. The molecule has 1 aliphatic heterocycles. The number of benzene rings is 1. The molecule has 0 spiro atoms. The summed E-state index contributed by atoms with van der Waals surface area (Å²) < 4.78 is 26.4. The molecule has 0 saturated carbocycles. The lowest BCUT2D eigenvalue weighted by Gasteiger charge is -2.23. The zero-order valence-corrected chi connectivity index (χ0v) is 8.00. The van der Waals surface area contributed by atoms with E-state index < -0.39 is 11.6 Å². The maximum atomic E-state index is 13.4. The second-order valence-corrected chi connectivity index (χ2v) is 3.40.